The third-order valence-corrected chi connectivity index (χ3v) is 4.74. The number of carboxylic acid groups (broad SMARTS) is 1. The van der Waals surface area contributed by atoms with E-state index in [0.717, 1.165) is 7.11 Å². The predicted octanol–water partition coefficient (Wildman–Crippen LogP) is 1.06. The van der Waals surface area contributed by atoms with Crippen molar-refractivity contribution in [2.75, 3.05) is 13.7 Å². The first kappa shape index (κ1) is 32.1. The Kier molecular flexibility index (Phi) is 14.6. The molecule has 0 aliphatic heterocycles. The van der Waals surface area contributed by atoms with Gasteiger partial charge in [0.05, 0.1) is 7.11 Å². The number of carboxylic acids is 1. The summed E-state index contributed by atoms with van der Waals surface area (Å²) in [6.07, 6.45) is 0.427. The summed E-state index contributed by atoms with van der Waals surface area (Å²) in [6, 6.07) is -3.19. The Bertz CT molecular complexity index is 721. The van der Waals surface area contributed by atoms with Crippen molar-refractivity contribution in [3.63, 3.8) is 0 Å². The zero-order chi connectivity index (χ0) is 27.2. The predicted molar refractivity (Wildman–Crippen MR) is 128 cm³/mol. The SMILES string of the molecule is COC(=O)[C@H](CCC(=O)O)NC(=O)[C@H](CC(C)C)NC(=O)[C@H](CCCCN)NC(=O)OC(C)(C)C. The molecule has 0 rings (SSSR count). The van der Waals surface area contributed by atoms with Gasteiger partial charge in [0.2, 0.25) is 11.8 Å². The molecule has 3 atom stereocenters. The van der Waals surface area contributed by atoms with E-state index in [-0.39, 0.29) is 31.6 Å². The topological polar surface area (TPSA) is 186 Å². The van der Waals surface area contributed by atoms with Crippen LogP contribution in [-0.4, -0.2) is 72.3 Å². The van der Waals surface area contributed by atoms with Gasteiger partial charge in [-0.05, 0) is 65.3 Å². The molecule has 12 heteroatoms. The molecule has 3 amide bonds. The summed E-state index contributed by atoms with van der Waals surface area (Å²) in [6.45, 7) is 9.21. The minimum absolute atomic E-state index is 0.00356. The minimum Gasteiger partial charge on any atom is -0.481 e. The molecule has 0 bridgehead atoms. The van der Waals surface area contributed by atoms with Crippen LogP contribution < -0.4 is 21.7 Å². The fourth-order valence-corrected chi connectivity index (χ4v) is 3.12. The molecule has 0 unspecified atom stereocenters. The molecule has 0 saturated carbocycles. The average Bonchev–Trinajstić information content (AvgIpc) is 2.72. The minimum atomic E-state index is -1.18. The van der Waals surface area contributed by atoms with Crippen molar-refractivity contribution in [3.05, 3.63) is 0 Å². The molecule has 0 fully saturated rings. The highest BCUT2D eigenvalue weighted by molar-refractivity contribution is 5.93. The van der Waals surface area contributed by atoms with Crippen molar-refractivity contribution in [2.24, 2.45) is 11.7 Å². The van der Waals surface area contributed by atoms with Crippen LogP contribution in [0.2, 0.25) is 0 Å². The van der Waals surface area contributed by atoms with Gasteiger partial charge in [0.15, 0.2) is 0 Å². The molecule has 0 aliphatic rings. The van der Waals surface area contributed by atoms with Gasteiger partial charge < -0.3 is 36.3 Å². The van der Waals surface area contributed by atoms with Gasteiger partial charge >= 0.3 is 18.0 Å². The maximum Gasteiger partial charge on any atom is 0.408 e. The van der Waals surface area contributed by atoms with Crippen LogP contribution in [0.4, 0.5) is 4.79 Å². The maximum absolute atomic E-state index is 13.1. The molecule has 0 aromatic heterocycles. The molecular formula is C23H42N4O8. The van der Waals surface area contributed by atoms with Crippen LogP contribution in [0.25, 0.3) is 0 Å². The molecule has 0 heterocycles. The number of aliphatic carboxylic acids is 1. The fourth-order valence-electron chi connectivity index (χ4n) is 3.12. The van der Waals surface area contributed by atoms with Crippen LogP contribution in [-0.2, 0) is 28.7 Å². The van der Waals surface area contributed by atoms with Crippen LogP contribution in [0, 0.1) is 5.92 Å². The Morgan fingerprint density at radius 3 is 1.94 bits per heavy atom. The molecule has 0 aliphatic carbocycles. The Morgan fingerprint density at radius 1 is 0.886 bits per heavy atom. The average molecular weight is 503 g/mol. The number of ether oxygens (including phenoxy) is 2. The monoisotopic (exact) mass is 502 g/mol. The van der Waals surface area contributed by atoms with E-state index in [1.165, 1.54) is 0 Å². The van der Waals surface area contributed by atoms with Gasteiger partial charge in [-0.3, -0.25) is 14.4 Å². The number of esters is 1. The second-order valence-corrected chi connectivity index (χ2v) is 9.69. The Balaban J connectivity index is 5.55. The van der Waals surface area contributed by atoms with Gasteiger partial charge in [0.25, 0.3) is 0 Å². The van der Waals surface area contributed by atoms with Gasteiger partial charge in [0, 0.05) is 6.42 Å². The second kappa shape index (κ2) is 15.9. The van der Waals surface area contributed by atoms with E-state index in [1.807, 2.05) is 13.8 Å². The van der Waals surface area contributed by atoms with Crippen LogP contribution in [0.15, 0.2) is 0 Å². The number of alkyl carbamates (subject to hydrolysis) is 1. The molecule has 202 valence electrons. The summed E-state index contributed by atoms with van der Waals surface area (Å²) in [5.41, 5.74) is 4.77. The summed E-state index contributed by atoms with van der Waals surface area (Å²) in [5.74, 6) is -3.18. The molecule has 0 saturated heterocycles. The van der Waals surface area contributed by atoms with Crippen LogP contribution in [0.3, 0.4) is 0 Å². The number of carbonyl (C=O) groups excluding carboxylic acids is 4. The van der Waals surface area contributed by atoms with Crippen molar-refractivity contribution in [3.8, 4) is 0 Å². The highest BCUT2D eigenvalue weighted by atomic mass is 16.6. The Labute approximate surface area is 207 Å². The number of carbonyl (C=O) groups is 5. The second-order valence-electron chi connectivity index (χ2n) is 9.69. The van der Waals surface area contributed by atoms with Crippen LogP contribution in [0.1, 0.15) is 73.1 Å². The third kappa shape index (κ3) is 14.9. The van der Waals surface area contributed by atoms with Gasteiger partial charge in [-0.25, -0.2) is 9.59 Å². The Hall–Kier alpha value is -2.89. The number of unbranched alkanes of at least 4 members (excludes halogenated alkanes) is 1. The van der Waals surface area contributed by atoms with E-state index in [0.29, 0.717) is 19.4 Å². The number of methoxy groups -OCH3 is 1. The molecular weight excluding hydrogens is 460 g/mol. The molecule has 35 heavy (non-hydrogen) atoms. The summed E-state index contributed by atoms with van der Waals surface area (Å²) >= 11 is 0. The first-order valence-electron chi connectivity index (χ1n) is 11.8. The van der Waals surface area contributed by atoms with Gasteiger partial charge in [-0.1, -0.05) is 13.8 Å². The lowest BCUT2D eigenvalue weighted by Crippen LogP contribution is -2.56. The largest absolute Gasteiger partial charge is 0.481 e. The third-order valence-electron chi connectivity index (χ3n) is 4.74. The molecule has 0 spiro atoms. The van der Waals surface area contributed by atoms with E-state index >= 15 is 0 Å². The maximum atomic E-state index is 13.1. The van der Waals surface area contributed by atoms with Crippen molar-refractivity contribution in [1.82, 2.24) is 16.0 Å². The van der Waals surface area contributed by atoms with Crippen molar-refractivity contribution in [1.29, 1.82) is 0 Å². The molecule has 12 nitrogen and oxygen atoms in total. The van der Waals surface area contributed by atoms with Crippen molar-refractivity contribution in [2.45, 2.75) is 96.9 Å². The first-order valence-corrected chi connectivity index (χ1v) is 11.8. The van der Waals surface area contributed by atoms with E-state index in [4.69, 9.17) is 15.6 Å². The zero-order valence-corrected chi connectivity index (χ0v) is 21.6. The zero-order valence-electron chi connectivity index (χ0n) is 21.6. The summed E-state index contributed by atoms with van der Waals surface area (Å²) in [5, 5.41) is 16.6. The first-order chi connectivity index (χ1) is 16.2. The van der Waals surface area contributed by atoms with Crippen LogP contribution in [0.5, 0.6) is 0 Å². The smallest absolute Gasteiger partial charge is 0.408 e. The summed E-state index contributed by atoms with van der Waals surface area (Å²) in [7, 11) is 1.13. The lowest BCUT2D eigenvalue weighted by molar-refractivity contribution is -0.146. The number of hydrogen-bond donors (Lipinski definition) is 5. The van der Waals surface area contributed by atoms with E-state index in [9.17, 15) is 24.0 Å². The molecule has 0 aromatic rings. The quantitative estimate of drug-likeness (QED) is 0.161. The van der Waals surface area contributed by atoms with Gasteiger partial charge in [-0.2, -0.15) is 0 Å². The summed E-state index contributed by atoms with van der Waals surface area (Å²) < 4.78 is 9.90. The molecule has 0 radical (unpaired) electrons. The van der Waals surface area contributed by atoms with Gasteiger partial charge in [-0.15, -0.1) is 0 Å². The lowest BCUT2D eigenvalue weighted by Gasteiger charge is -2.27. The number of amides is 3. The molecule has 6 N–H and O–H groups in total. The summed E-state index contributed by atoms with van der Waals surface area (Å²) in [4.78, 5) is 61.2. The molecule has 0 aromatic carbocycles. The highest BCUT2D eigenvalue weighted by Crippen LogP contribution is 2.11. The number of nitrogens with two attached hydrogens (primary N) is 1. The van der Waals surface area contributed by atoms with Crippen molar-refractivity contribution < 1.29 is 38.6 Å². The lowest BCUT2D eigenvalue weighted by atomic mass is 10.0. The van der Waals surface area contributed by atoms with E-state index in [1.54, 1.807) is 20.8 Å². The number of hydrogen-bond acceptors (Lipinski definition) is 8. The number of rotatable bonds is 15. The standard InChI is InChI=1S/C23H42N4O8/c1-14(2)13-17(20(31)25-16(21(32)34-6)10-11-18(28)29)26-19(30)15(9-7-8-12-24)27-22(33)35-23(3,4)5/h14-17H,7-13,24H2,1-6H3,(H,25,31)(H,26,30)(H,27,33)(H,28,29)/t15-,16-,17-/m0/s1. The van der Waals surface area contributed by atoms with Crippen molar-refractivity contribution >= 4 is 29.8 Å². The number of nitrogens with one attached hydrogen (secondary N) is 3. The highest BCUT2D eigenvalue weighted by Gasteiger charge is 2.31. The fraction of sp³-hybridized carbons (Fsp3) is 0.783. The van der Waals surface area contributed by atoms with Gasteiger partial charge in [0.1, 0.15) is 23.7 Å². The Morgan fingerprint density at radius 2 is 1.46 bits per heavy atom. The van der Waals surface area contributed by atoms with Crippen LogP contribution >= 0.6 is 0 Å². The van der Waals surface area contributed by atoms with E-state index < -0.39 is 53.6 Å². The normalized spacial score (nSPS) is 13.8. The van der Waals surface area contributed by atoms with E-state index in [2.05, 4.69) is 20.7 Å².